The Hall–Kier alpha value is -2.17. The fraction of sp³-hybridized carbons (Fsp3) is 0.333. The van der Waals surface area contributed by atoms with Crippen LogP contribution in [-0.2, 0) is 6.61 Å². The van der Waals surface area contributed by atoms with E-state index >= 15 is 0 Å². The molecule has 1 fully saturated rings. The first kappa shape index (κ1) is 12.8. The van der Waals surface area contributed by atoms with Gasteiger partial charge in [-0.2, -0.15) is 0 Å². The molecule has 20 heavy (non-hydrogen) atoms. The molecule has 1 saturated carbocycles. The molecule has 1 aliphatic carbocycles. The van der Waals surface area contributed by atoms with Crippen LogP contribution in [0, 0.1) is 5.82 Å². The molecule has 5 heteroatoms. The number of halogens is 1. The average Bonchev–Trinajstić information content (AvgIpc) is 3.16. The second kappa shape index (κ2) is 5.07. The Balaban J connectivity index is 1.71. The summed E-state index contributed by atoms with van der Waals surface area (Å²) in [5.41, 5.74) is 1.28. The molecule has 0 atom stereocenters. The van der Waals surface area contributed by atoms with Crippen molar-refractivity contribution in [2.75, 3.05) is 0 Å². The number of ether oxygens (including phenoxy) is 1. The summed E-state index contributed by atoms with van der Waals surface area (Å²) in [6.45, 7) is 1.68. The lowest BCUT2D eigenvalue weighted by atomic mass is 10.1. The van der Waals surface area contributed by atoms with Gasteiger partial charge < -0.3 is 9.30 Å². The lowest BCUT2D eigenvalue weighted by Gasteiger charge is -2.10. The van der Waals surface area contributed by atoms with Crippen molar-refractivity contribution in [3.63, 3.8) is 0 Å². The third kappa shape index (κ3) is 2.57. The number of carbonyl (C=O) groups is 1. The molecule has 4 nitrogen and oxygen atoms in total. The highest BCUT2D eigenvalue weighted by Crippen LogP contribution is 2.35. The molecule has 1 aromatic carbocycles. The van der Waals surface area contributed by atoms with Gasteiger partial charge in [-0.1, -0.05) is 0 Å². The highest BCUT2D eigenvalue weighted by Gasteiger charge is 2.25. The van der Waals surface area contributed by atoms with Crippen LogP contribution < -0.4 is 4.74 Å². The largest absolute Gasteiger partial charge is 0.484 e. The molecule has 0 saturated heterocycles. The molecule has 0 amide bonds. The normalized spacial score (nSPS) is 14.3. The van der Waals surface area contributed by atoms with Gasteiger partial charge in [0.05, 0.1) is 18.2 Å². The average molecular weight is 274 g/mol. The van der Waals surface area contributed by atoms with E-state index in [1.807, 2.05) is 0 Å². The van der Waals surface area contributed by atoms with Crippen molar-refractivity contribution < 1.29 is 13.9 Å². The van der Waals surface area contributed by atoms with Crippen LogP contribution in [0.5, 0.6) is 5.75 Å². The molecular weight excluding hydrogens is 259 g/mol. The van der Waals surface area contributed by atoms with Gasteiger partial charge in [0.15, 0.2) is 17.3 Å². The second-order valence-corrected chi connectivity index (χ2v) is 5.01. The van der Waals surface area contributed by atoms with Gasteiger partial charge in [-0.05, 0) is 38.0 Å². The van der Waals surface area contributed by atoms with Crippen LogP contribution in [0.3, 0.4) is 0 Å². The Morgan fingerprint density at radius 2 is 2.30 bits per heavy atom. The summed E-state index contributed by atoms with van der Waals surface area (Å²) < 4.78 is 21.4. The minimum Gasteiger partial charge on any atom is -0.484 e. The van der Waals surface area contributed by atoms with Crippen molar-refractivity contribution in [1.82, 2.24) is 9.55 Å². The number of Topliss-reactive ketones (excluding diaryl/α,β-unsaturated/α-hetero) is 1. The van der Waals surface area contributed by atoms with Crippen LogP contribution in [0.25, 0.3) is 0 Å². The van der Waals surface area contributed by atoms with Crippen LogP contribution in [-0.4, -0.2) is 15.3 Å². The number of imidazole rings is 1. The third-order valence-corrected chi connectivity index (χ3v) is 3.40. The molecule has 0 unspecified atom stereocenters. The molecule has 1 aromatic heterocycles. The Morgan fingerprint density at radius 3 is 2.95 bits per heavy atom. The Labute approximate surface area is 116 Å². The maximum absolute atomic E-state index is 13.8. The third-order valence-electron chi connectivity index (χ3n) is 3.40. The second-order valence-electron chi connectivity index (χ2n) is 5.01. The Morgan fingerprint density at radius 1 is 1.50 bits per heavy atom. The lowest BCUT2D eigenvalue weighted by Crippen LogP contribution is -2.05. The highest BCUT2D eigenvalue weighted by molar-refractivity contribution is 5.94. The van der Waals surface area contributed by atoms with Gasteiger partial charge in [-0.25, -0.2) is 9.37 Å². The van der Waals surface area contributed by atoms with Gasteiger partial charge in [0.1, 0.15) is 6.61 Å². The van der Waals surface area contributed by atoms with Crippen molar-refractivity contribution in [1.29, 1.82) is 0 Å². The molecule has 0 aliphatic heterocycles. The van der Waals surface area contributed by atoms with Gasteiger partial charge in [-0.3, -0.25) is 4.79 Å². The number of rotatable bonds is 5. The van der Waals surface area contributed by atoms with Crippen molar-refractivity contribution in [2.45, 2.75) is 32.4 Å². The van der Waals surface area contributed by atoms with Crippen molar-refractivity contribution >= 4 is 5.78 Å². The van der Waals surface area contributed by atoms with Gasteiger partial charge in [-0.15, -0.1) is 0 Å². The summed E-state index contributed by atoms with van der Waals surface area (Å²) >= 11 is 0. The summed E-state index contributed by atoms with van der Waals surface area (Å²) in [5.74, 6) is -0.531. The SMILES string of the molecule is CC(=O)c1ccc(OCc2cncn2C2CC2)c(F)c1. The highest BCUT2D eigenvalue weighted by atomic mass is 19.1. The summed E-state index contributed by atoms with van der Waals surface area (Å²) in [4.78, 5) is 15.3. The Bertz CT molecular complexity index is 647. The van der Waals surface area contributed by atoms with Crippen LogP contribution in [0.4, 0.5) is 4.39 Å². The number of hydrogen-bond acceptors (Lipinski definition) is 3. The van der Waals surface area contributed by atoms with Gasteiger partial charge in [0.25, 0.3) is 0 Å². The first-order valence-electron chi connectivity index (χ1n) is 6.59. The lowest BCUT2D eigenvalue weighted by molar-refractivity contribution is 0.101. The van der Waals surface area contributed by atoms with Gasteiger partial charge in [0, 0.05) is 11.6 Å². The van der Waals surface area contributed by atoms with E-state index in [0.29, 0.717) is 11.6 Å². The molecule has 2 aromatic rings. The zero-order valence-electron chi connectivity index (χ0n) is 11.2. The first-order chi connectivity index (χ1) is 9.65. The molecule has 0 bridgehead atoms. The number of ketones is 1. The van der Waals surface area contributed by atoms with E-state index in [1.165, 1.54) is 19.1 Å². The zero-order chi connectivity index (χ0) is 14.1. The van der Waals surface area contributed by atoms with Gasteiger partial charge >= 0.3 is 0 Å². The van der Waals surface area contributed by atoms with Gasteiger partial charge in [0.2, 0.25) is 0 Å². The molecule has 0 N–H and O–H groups in total. The fourth-order valence-electron chi connectivity index (χ4n) is 2.11. The number of aromatic nitrogens is 2. The topological polar surface area (TPSA) is 44.1 Å². The van der Waals surface area contributed by atoms with E-state index in [-0.39, 0.29) is 18.1 Å². The van der Waals surface area contributed by atoms with Crippen LogP contribution in [0.1, 0.15) is 41.9 Å². The van der Waals surface area contributed by atoms with E-state index in [2.05, 4.69) is 9.55 Å². The molecular formula is C15H15FN2O2. The molecule has 0 radical (unpaired) electrons. The summed E-state index contributed by atoms with van der Waals surface area (Å²) in [7, 11) is 0. The first-order valence-corrected chi connectivity index (χ1v) is 6.59. The minimum atomic E-state index is -0.518. The van der Waals surface area contributed by atoms with E-state index < -0.39 is 5.82 Å². The number of nitrogens with zero attached hydrogens (tertiary/aromatic N) is 2. The summed E-state index contributed by atoms with van der Waals surface area (Å²) in [5, 5.41) is 0. The molecule has 0 spiro atoms. The predicted octanol–water partition coefficient (Wildman–Crippen LogP) is 3.14. The van der Waals surface area contributed by atoms with E-state index in [4.69, 9.17) is 4.74 Å². The molecule has 104 valence electrons. The number of carbonyl (C=O) groups excluding carboxylic acids is 1. The monoisotopic (exact) mass is 274 g/mol. The van der Waals surface area contributed by atoms with Crippen molar-refractivity contribution in [2.24, 2.45) is 0 Å². The predicted molar refractivity (Wildman–Crippen MR) is 71.2 cm³/mol. The maximum Gasteiger partial charge on any atom is 0.165 e. The van der Waals surface area contributed by atoms with Crippen LogP contribution in [0.15, 0.2) is 30.7 Å². The minimum absolute atomic E-state index is 0.151. The molecule has 1 heterocycles. The summed E-state index contributed by atoms with van der Waals surface area (Å²) in [6, 6.07) is 4.78. The van der Waals surface area contributed by atoms with E-state index in [9.17, 15) is 9.18 Å². The summed E-state index contributed by atoms with van der Waals surface area (Å²) in [6.07, 6.45) is 5.84. The molecule has 1 aliphatic rings. The van der Waals surface area contributed by atoms with Crippen LogP contribution in [0.2, 0.25) is 0 Å². The van der Waals surface area contributed by atoms with Crippen molar-refractivity contribution in [3.05, 3.63) is 47.8 Å². The smallest absolute Gasteiger partial charge is 0.165 e. The fourth-order valence-corrected chi connectivity index (χ4v) is 2.11. The number of benzene rings is 1. The van der Waals surface area contributed by atoms with E-state index in [1.54, 1.807) is 18.6 Å². The van der Waals surface area contributed by atoms with Crippen molar-refractivity contribution in [3.8, 4) is 5.75 Å². The van der Waals surface area contributed by atoms with Crippen LogP contribution >= 0.6 is 0 Å². The number of hydrogen-bond donors (Lipinski definition) is 0. The quantitative estimate of drug-likeness (QED) is 0.787. The zero-order valence-corrected chi connectivity index (χ0v) is 11.2. The molecule has 3 rings (SSSR count). The maximum atomic E-state index is 13.8. The standard InChI is InChI=1S/C15H15FN2O2/c1-10(19)11-2-5-15(14(16)6-11)20-8-13-7-17-9-18(13)12-3-4-12/h2,5-7,9,12H,3-4,8H2,1H3. The van der Waals surface area contributed by atoms with E-state index in [0.717, 1.165) is 18.5 Å². The Kier molecular flexibility index (Phi) is 3.26.